The monoisotopic (exact) mass is 487 g/mol. The molecule has 176 valence electrons. The van der Waals surface area contributed by atoms with E-state index in [1.807, 2.05) is 24.3 Å². The van der Waals surface area contributed by atoms with Crippen LogP contribution in [0, 0.1) is 0 Å². The molecule has 1 amide bonds. The molecule has 0 radical (unpaired) electrons. The molecular weight excluding hydrogens is 458 g/mol. The first-order valence-electron chi connectivity index (χ1n) is 11.4. The van der Waals surface area contributed by atoms with E-state index in [-0.39, 0.29) is 10.8 Å². The number of sulfonamides is 1. The van der Waals surface area contributed by atoms with Gasteiger partial charge in [0.2, 0.25) is 10.0 Å². The van der Waals surface area contributed by atoms with E-state index in [4.69, 9.17) is 4.74 Å². The highest BCUT2D eigenvalue weighted by Gasteiger charge is 2.28. The van der Waals surface area contributed by atoms with Gasteiger partial charge in [-0.3, -0.25) is 9.69 Å². The quantitative estimate of drug-likeness (QED) is 0.414. The summed E-state index contributed by atoms with van der Waals surface area (Å²) in [4.78, 5) is 20.1. The second-order valence-corrected chi connectivity index (χ2v) is 11.0. The number of aromatic nitrogens is 1. The Bertz CT molecular complexity index is 1170. The van der Waals surface area contributed by atoms with Crippen LogP contribution in [-0.4, -0.2) is 56.5 Å². The van der Waals surface area contributed by atoms with Crippen molar-refractivity contribution in [2.24, 2.45) is 0 Å². The molecule has 0 bridgehead atoms. The second kappa shape index (κ2) is 10.7. The number of anilines is 1. The maximum Gasteiger partial charge on any atom is 0.260 e. The van der Waals surface area contributed by atoms with Gasteiger partial charge in [-0.2, -0.15) is 4.31 Å². The van der Waals surface area contributed by atoms with Crippen molar-refractivity contribution in [3.8, 4) is 0 Å². The zero-order valence-electron chi connectivity index (χ0n) is 18.8. The van der Waals surface area contributed by atoms with Crippen molar-refractivity contribution in [2.75, 3.05) is 37.7 Å². The van der Waals surface area contributed by atoms with E-state index in [2.05, 4.69) is 11.9 Å². The minimum absolute atomic E-state index is 0.130. The number of hydrogen-bond acceptors (Lipinski definition) is 6. The number of fused-ring (bicyclic) bond motifs is 1. The van der Waals surface area contributed by atoms with Gasteiger partial charge in [0.05, 0.1) is 28.3 Å². The van der Waals surface area contributed by atoms with E-state index in [1.165, 1.54) is 21.7 Å². The summed E-state index contributed by atoms with van der Waals surface area (Å²) in [6, 6.07) is 14.2. The maximum atomic E-state index is 13.6. The second-order valence-electron chi connectivity index (χ2n) is 8.03. The van der Waals surface area contributed by atoms with Crippen LogP contribution in [0.15, 0.2) is 53.4 Å². The Hall–Kier alpha value is -2.33. The molecule has 1 saturated heterocycles. The molecule has 0 spiro atoms. The zero-order chi connectivity index (χ0) is 23.3. The van der Waals surface area contributed by atoms with Gasteiger partial charge in [-0.15, -0.1) is 0 Å². The molecule has 0 saturated carbocycles. The lowest BCUT2D eigenvalue weighted by atomic mass is 10.1. The summed E-state index contributed by atoms with van der Waals surface area (Å²) in [6.45, 7) is 4.07. The van der Waals surface area contributed by atoms with Crippen molar-refractivity contribution in [3.63, 3.8) is 0 Å². The summed E-state index contributed by atoms with van der Waals surface area (Å²) in [7, 11) is -3.68. The van der Waals surface area contributed by atoms with Crippen LogP contribution < -0.4 is 4.90 Å². The number of thiazole rings is 1. The Labute approximate surface area is 199 Å². The fourth-order valence-electron chi connectivity index (χ4n) is 3.84. The molecule has 4 rings (SSSR count). The number of nitrogens with zero attached hydrogens (tertiary/aromatic N) is 3. The lowest BCUT2D eigenvalue weighted by molar-refractivity contribution is 0.0730. The van der Waals surface area contributed by atoms with Gasteiger partial charge in [0.25, 0.3) is 5.91 Å². The van der Waals surface area contributed by atoms with E-state index in [0.29, 0.717) is 43.5 Å². The van der Waals surface area contributed by atoms with Gasteiger partial charge in [-0.1, -0.05) is 55.7 Å². The molecule has 33 heavy (non-hydrogen) atoms. The topological polar surface area (TPSA) is 79.8 Å². The molecule has 0 atom stereocenters. The van der Waals surface area contributed by atoms with Gasteiger partial charge in [-0.05, 0) is 36.8 Å². The van der Waals surface area contributed by atoms with Crippen molar-refractivity contribution in [1.29, 1.82) is 0 Å². The van der Waals surface area contributed by atoms with E-state index in [9.17, 15) is 13.2 Å². The predicted molar refractivity (Wildman–Crippen MR) is 131 cm³/mol. The number of carbonyl (C=O) groups is 1. The van der Waals surface area contributed by atoms with Crippen molar-refractivity contribution >= 4 is 42.6 Å². The highest BCUT2D eigenvalue weighted by molar-refractivity contribution is 7.89. The Balaban J connectivity index is 1.63. The van der Waals surface area contributed by atoms with Crippen LogP contribution in [-0.2, 0) is 14.8 Å². The van der Waals surface area contributed by atoms with Crippen LogP contribution >= 0.6 is 11.3 Å². The van der Waals surface area contributed by atoms with Gasteiger partial charge in [0.15, 0.2) is 5.13 Å². The summed E-state index contributed by atoms with van der Waals surface area (Å²) < 4.78 is 33.9. The van der Waals surface area contributed by atoms with Crippen molar-refractivity contribution < 1.29 is 17.9 Å². The summed E-state index contributed by atoms with van der Waals surface area (Å²) in [5, 5.41) is 0.638. The number of hydrogen-bond donors (Lipinski definition) is 0. The SMILES string of the molecule is CCCCCCN(C(=O)c1cccc(S(=O)(=O)N2CCOCC2)c1)c1nc2ccccc2s1. The standard InChI is InChI=1S/C24H29N3O4S2/c1-2-3-4-7-13-27(24-25-21-11-5-6-12-22(21)32-24)23(28)19-9-8-10-20(18-19)33(29,30)26-14-16-31-17-15-26/h5-6,8-12,18H,2-4,7,13-17H2,1H3. The molecule has 1 aliphatic rings. The number of unbranched alkanes of at least 4 members (excludes halogenated alkanes) is 3. The van der Waals surface area contributed by atoms with E-state index in [0.717, 1.165) is 35.9 Å². The predicted octanol–water partition coefficient (Wildman–Crippen LogP) is 4.54. The first kappa shape index (κ1) is 23.8. The highest BCUT2D eigenvalue weighted by atomic mass is 32.2. The van der Waals surface area contributed by atoms with E-state index in [1.54, 1.807) is 23.1 Å². The minimum atomic E-state index is -3.68. The van der Waals surface area contributed by atoms with Crippen LogP contribution in [0.3, 0.4) is 0 Å². The third kappa shape index (κ3) is 5.43. The van der Waals surface area contributed by atoms with Crippen LogP contribution in [0.2, 0.25) is 0 Å². The van der Waals surface area contributed by atoms with E-state index >= 15 is 0 Å². The molecule has 0 unspecified atom stereocenters. The van der Waals surface area contributed by atoms with Crippen LogP contribution in [0.25, 0.3) is 10.2 Å². The molecular formula is C24H29N3O4S2. The van der Waals surface area contributed by atoms with Gasteiger partial charge < -0.3 is 4.74 Å². The Kier molecular flexibility index (Phi) is 7.75. The fraction of sp³-hybridized carbons (Fsp3) is 0.417. The van der Waals surface area contributed by atoms with E-state index < -0.39 is 10.0 Å². The average molecular weight is 488 g/mol. The van der Waals surface area contributed by atoms with Gasteiger partial charge in [-0.25, -0.2) is 13.4 Å². The molecule has 1 fully saturated rings. The number of rotatable bonds is 9. The lowest BCUT2D eigenvalue weighted by Crippen LogP contribution is -2.40. The molecule has 7 nitrogen and oxygen atoms in total. The number of benzene rings is 2. The number of ether oxygens (including phenoxy) is 1. The van der Waals surface area contributed by atoms with Crippen LogP contribution in [0.4, 0.5) is 5.13 Å². The van der Waals surface area contributed by atoms with Gasteiger partial charge in [0, 0.05) is 25.2 Å². The fourth-order valence-corrected chi connectivity index (χ4v) is 6.28. The van der Waals surface area contributed by atoms with Gasteiger partial charge >= 0.3 is 0 Å². The molecule has 0 N–H and O–H groups in total. The third-order valence-corrected chi connectivity index (χ3v) is 8.64. The molecule has 9 heteroatoms. The molecule has 2 heterocycles. The summed E-state index contributed by atoms with van der Waals surface area (Å²) >= 11 is 1.48. The number of morpholine rings is 1. The Morgan fingerprint density at radius 2 is 1.88 bits per heavy atom. The lowest BCUT2D eigenvalue weighted by Gasteiger charge is -2.26. The number of para-hydroxylation sites is 1. The third-order valence-electron chi connectivity index (χ3n) is 5.68. The van der Waals surface area contributed by atoms with Crippen molar-refractivity contribution in [3.05, 3.63) is 54.1 Å². The summed E-state index contributed by atoms with van der Waals surface area (Å²) in [5.74, 6) is -0.232. The number of amides is 1. The van der Waals surface area contributed by atoms with Crippen LogP contribution in [0.5, 0.6) is 0 Å². The molecule has 1 aliphatic heterocycles. The maximum absolute atomic E-state index is 13.6. The minimum Gasteiger partial charge on any atom is -0.379 e. The first-order valence-corrected chi connectivity index (χ1v) is 13.6. The smallest absolute Gasteiger partial charge is 0.260 e. The largest absolute Gasteiger partial charge is 0.379 e. The summed E-state index contributed by atoms with van der Waals surface area (Å²) in [6.07, 6.45) is 4.10. The van der Waals surface area contributed by atoms with Gasteiger partial charge in [0.1, 0.15) is 0 Å². The first-order chi connectivity index (χ1) is 16.0. The molecule has 2 aromatic carbocycles. The van der Waals surface area contributed by atoms with Crippen molar-refractivity contribution in [1.82, 2.24) is 9.29 Å². The molecule has 0 aliphatic carbocycles. The van der Waals surface area contributed by atoms with Crippen LogP contribution in [0.1, 0.15) is 43.0 Å². The highest BCUT2D eigenvalue weighted by Crippen LogP contribution is 2.30. The Morgan fingerprint density at radius 3 is 2.64 bits per heavy atom. The average Bonchev–Trinajstić information content (AvgIpc) is 3.28. The Morgan fingerprint density at radius 1 is 1.09 bits per heavy atom. The number of carbonyl (C=O) groups excluding carboxylic acids is 1. The normalized spacial score (nSPS) is 15.1. The van der Waals surface area contributed by atoms with Crippen molar-refractivity contribution in [2.45, 2.75) is 37.5 Å². The molecule has 1 aromatic heterocycles. The summed E-state index contributed by atoms with van der Waals surface area (Å²) in [5.41, 5.74) is 1.20. The zero-order valence-corrected chi connectivity index (χ0v) is 20.4. The molecule has 3 aromatic rings.